The summed E-state index contributed by atoms with van der Waals surface area (Å²) in [6, 6.07) is 13.5. The van der Waals surface area contributed by atoms with Crippen LogP contribution in [0.5, 0.6) is 11.5 Å². The first-order chi connectivity index (χ1) is 19.1. The highest BCUT2D eigenvalue weighted by molar-refractivity contribution is 7.07. The molecule has 6 heteroatoms. The number of thiazole rings is 1. The maximum absolute atomic E-state index is 13.2. The SMILES string of the molecule is CCCCCCCCCCCCCCOc1c(OC)cccc1C(=O)Nc1ccc(C[n+]2cscc2C)cc1. The van der Waals surface area contributed by atoms with Crippen molar-refractivity contribution < 1.29 is 18.8 Å². The van der Waals surface area contributed by atoms with Crippen molar-refractivity contribution in [1.29, 1.82) is 0 Å². The van der Waals surface area contributed by atoms with Gasteiger partial charge < -0.3 is 14.8 Å². The number of methoxy groups -OCH3 is 1. The molecule has 0 spiro atoms. The number of aromatic nitrogens is 1. The second kappa shape index (κ2) is 17.7. The summed E-state index contributed by atoms with van der Waals surface area (Å²) in [4.78, 5) is 13.2. The number of anilines is 1. The molecule has 1 aromatic heterocycles. The maximum atomic E-state index is 13.2. The number of nitrogens with one attached hydrogen (secondary N) is 1. The Balaban J connectivity index is 1.42. The Morgan fingerprint density at radius 3 is 2.10 bits per heavy atom. The molecule has 5 nitrogen and oxygen atoms in total. The lowest BCUT2D eigenvalue weighted by molar-refractivity contribution is -0.689. The van der Waals surface area contributed by atoms with Gasteiger partial charge in [0.2, 0.25) is 5.51 Å². The average molecular weight is 552 g/mol. The average Bonchev–Trinajstić information content (AvgIpc) is 3.36. The Bertz CT molecular complexity index is 1110. The van der Waals surface area contributed by atoms with Crippen molar-refractivity contribution in [2.24, 2.45) is 0 Å². The molecule has 0 aliphatic carbocycles. The van der Waals surface area contributed by atoms with E-state index < -0.39 is 0 Å². The second-order valence-corrected chi connectivity index (χ2v) is 11.1. The van der Waals surface area contributed by atoms with Crippen LogP contribution in [0.3, 0.4) is 0 Å². The third-order valence-corrected chi connectivity index (χ3v) is 7.99. The number of benzene rings is 2. The molecule has 3 aromatic rings. The van der Waals surface area contributed by atoms with E-state index in [1.807, 2.05) is 24.3 Å². The number of carbonyl (C=O) groups is 1. The van der Waals surface area contributed by atoms with Gasteiger partial charge in [-0.3, -0.25) is 4.79 Å². The fraction of sp³-hybridized carbons (Fsp3) is 0.515. The molecule has 0 bridgehead atoms. The maximum Gasteiger partial charge on any atom is 0.259 e. The van der Waals surface area contributed by atoms with E-state index >= 15 is 0 Å². The Morgan fingerprint density at radius 2 is 1.51 bits per heavy atom. The summed E-state index contributed by atoms with van der Waals surface area (Å²) in [5.41, 5.74) is 5.79. The summed E-state index contributed by atoms with van der Waals surface area (Å²) in [7, 11) is 1.61. The van der Waals surface area contributed by atoms with Gasteiger partial charge in [0.1, 0.15) is 0 Å². The number of unbranched alkanes of at least 4 members (excludes halogenated alkanes) is 11. The van der Waals surface area contributed by atoms with Gasteiger partial charge in [-0.25, -0.2) is 0 Å². The highest BCUT2D eigenvalue weighted by atomic mass is 32.1. The molecule has 1 heterocycles. The van der Waals surface area contributed by atoms with Crippen LogP contribution >= 0.6 is 11.3 Å². The molecule has 0 saturated heterocycles. The third-order valence-electron chi connectivity index (χ3n) is 7.13. The number of nitrogens with zero attached hydrogens (tertiary/aromatic N) is 1. The largest absolute Gasteiger partial charge is 0.493 e. The molecule has 0 unspecified atom stereocenters. The van der Waals surface area contributed by atoms with Crippen molar-refractivity contribution in [3.05, 3.63) is 70.2 Å². The summed E-state index contributed by atoms with van der Waals surface area (Å²) in [6.45, 7) is 5.77. The van der Waals surface area contributed by atoms with E-state index in [0.717, 1.165) is 25.1 Å². The predicted octanol–water partition coefficient (Wildman–Crippen LogP) is 8.73. The molecular weight excluding hydrogens is 504 g/mol. The Morgan fingerprint density at radius 1 is 0.872 bits per heavy atom. The molecule has 1 amide bonds. The molecule has 0 fully saturated rings. The van der Waals surface area contributed by atoms with Crippen LogP contribution in [0.25, 0.3) is 0 Å². The Kier molecular flexibility index (Phi) is 13.9. The molecule has 0 aliphatic rings. The lowest BCUT2D eigenvalue weighted by Crippen LogP contribution is -2.34. The fourth-order valence-electron chi connectivity index (χ4n) is 4.73. The van der Waals surface area contributed by atoms with Crippen LogP contribution in [0.4, 0.5) is 5.69 Å². The first-order valence-corrected chi connectivity index (χ1v) is 15.7. The molecule has 0 atom stereocenters. The minimum atomic E-state index is -0.200. The van der Waals surface area contributed by atoms with E-state index in [9.17, 15) is 4.79 Å². The summed E-state index contributed by atoms with van der Waals surface area (Å²) in [5.74, 6) is 0.899. The molecule has 0 saturated carbocycles. The molecule has 212 valence electrons. The van der Waals surface area contributed by atoms with Crippen molar-refractivity contribution in [3.8, 4) is 11.5 Å². The zero-order chi connectivity index (χ0) is 27.7. The van der Waals surface area contributed by atoms with Crippen LogP contribution in [-0.4, -0.2) is 19.6 Å². The van der Waals surface area contributed by atoms with Gasteiger partial charge in [0, 0.05) is 18.2 Å². The molecule has 1 N–H and O–H groups in total. The Hall–Kier alpha value is -2.86. The quantitative estimate of drug-likeness (QED) is 0.120. The van der Waals surface area contributed by atoms with E-state index in [0.29, 0.717) is 23.7 Å². The van der Waals surface area contributed by atoms with Crippen LogP contribution in [0.15, 0.2) is 53.4 Å². The van der Waals surface area contributed by atoms with Crippen molar-refractivity contribution in [2.45, 2.75) is 97.4 Å². The van der Waals surface area contributed by atoms with Crippen molar-refractivity contribution in [2.75, 3.05) is 19.0 Å². The molecule has 3 rings (SSSR count). The van der Waals surface area contributed by atoms with Gasteiger partial charge in [-0.2, -0.15) is 4.57 Å². The zero-order valence-corrected chi connectivity index (χ0v) is 25.0. The lowest BCUT2D eigenvalue weighted by Gasteiger charge is -2.15. The number of hydrogen-bond donors (Lipinski definition) is 1. The van der Waals surface area contributed by atoms with Gasteiger partial charge in [0.25, 0.3) is 5.91 Å². The monoisotopic (exact) mass is 551 g/mol. The number of rotatable bonds is 19. The first-order valence-electron chi connectivity index (χ1n) is 14.7. The smallest absolute Gasteiger partial charge is 0.259 e. The molecule has 0 aliphatic heterocycles. The normalized spacial score (nSPS) is 10.9. The van der Waals surface area contributed by atoms with Gasteiger partial charge >= 0.3 is 0 Å². The fourth-order valence-corrected chi connectivity index (χ4v) is 5.51. The number of aryl methyl sites for hydroxylation is 1. The minimum Gasteiger partial charge on any atom is -0.493 e. The Labute approximate surface area is 239 Å². The van der Waals surface area contributed by atoms with Crippen LogP contribution in [0.2, 0.25) is 0 Å². The van der Waals surface area contributed by atoms with Crippen LogP contribution < -0.4 is 19.4 Å². The van der Waals surface area contributed by atoms with Gasteiger partial charge in [-0.15, -0.1) is 0 Å². The summed E-state index contributed by atoms with van der Waals surface area (Å²) >= 11 is 1.70. The van der Waals surface area contributed by atoms with Gasteiger partial charge in [-0.1, -0.05) is 107 Å². The van der Waals surface area contributed by atoms with E-state index in [1.54, 1.807) is 24.5 Å². The summed E-state index contributed by atoms with van der Waals surface area (Å²) in [6.07, 6.45) is 15.6. The standard InChI is InChI=1S/C33H46N2O3S/c1-4-5-6-7-8-9-10-11-12-13-14-15-23-38-32-30(17-16-18-31(32)37-3)33(36)34-29-21-19-28(20-22-29)24-35-26-39-25-27(35)2/h16-22,25-26H,4-15,23-24H2,1-3H3/p+1. The number of amides is 1. The first kappa shape index (κ1) is 30.7. The van der Waals surface area contributed by atoms with Gasteiger partial charge in [0.15, 0.2) is 23.7 Å². The van der Waals surface area contributed by atoms with Gasteiger partial charge in [0.05, 0.1) is 24.7 Å². The molecule has 2 aromatic carbocycles. The lowest BCUT2D eigenvalue weighted by atomic mass is 10.1. The van der Waals surface area contributed by atoms with Crippen LogP contribution in [0.1, 0.15) is 106 Å². The minimum absolute atomic E-state index is 0.200. The molecule has 39 heavy (non-hydrogen) atoms. The van der Waals surface area contributed by atoms with E-state index in [4.69, 9.17) is 9.47 Å². The van der Waals surface area contributed by atoms with Crippen molar-refractivity contribution in [3.63, 3.8) is 0 Å². The number of hydrogen-bond acceptors (Lipinski definition) is 4. The van der Waals surface area contributed by atoms with Gasteiger partial charge in [-0.05, 0) is 30.7 Å². The zero-order valence-electron chi connectivity index (χ0n) is 24.2. The van der Waals surface area contributed by atoms with Crippen molar-refractivity contribution in [1.82, 2.24) is 0 Å². The third kappa shape index (κ3) is 10.7. The predicted molar refractivity (Wildman–Crippen MR) is 162 cm³/mol. The number of carbonyl (C=O) groups excluding carboxylic acids is 1. The summed E-state index contributed by atoms with van der Waals surface area (Å²) in [5, 5.41) is 5.16. The molecule has 0 radical (unpaired) electrons. The topological polar surface area (TPSA) is 51.4 Å². The highest BCUT2D eigenvalue weighted by Gasteiger charge is 2.18. The van der Waals surface area contributed by atoms with Crippen molar-refractivity contribution >= 4 is 22.9 Å². The van der Waals surface area contributed by atoms with E-state index in [1.165, 1.54) is 75.5 Å². The van der Waals surface area contributed by atoms with E-state index in [-0.39, 0.29) is 5.91 Å². The second-order valence-electron chi connectivity index (χ2n) is 10.4. The molecular formula is C33H47N2O3S+. The highest BCUT2D eigenvalue weighted by Crippen LogP contribution is 2.32. The van der Waals surface area contributed by atoms with Crippen LogP contribution in [0, 0.1) is 6.92 Å². The number of ether oxygens (including phenoxy) is 2. The number of para-hydroxylation sites is 1. The summed E-state index contributed by atoms with van der Waals surface area (Å²) < 4.78 is 13.8. The van der Waals surface area contributed by atoms with Crippen LogP contribution in [-0.2, 0) is 6.54 Å². The van der Waals surface area contributed by atoms with E-state index in [2.05, 4.69) is 46.8 Å².